The van der Waals surface area contributed by atoms with E-state index in [1.165, 1.54) is 4.88 Å². The molecule has 0 aliphatic rings. The van der Waals surface area contributed by atoms with Crippen LogP contribution in [0.2, 0.25) is 0 Å². The van der Waals surface area contributed by atoms with Crippen molar-refractivity contribution < 1.29 is 9.52 Å². The van der Waals surface area contributed by atoms with Crippen molar-refractivity contribution in [3.8, 4) is 0 Å². The van der Waals surface area contributed by atoms with E-state index in [-0.39, 0.29) is 6.10 Å². The van der Waals surface area contributed by atoms with Gasteiger partial charge >= 0.3 is 0 Å². The van der Waals surface area contributed by atoms with Crippen molar-refractivity contribution in [1.29, 1.82) is 0 Å². The summed E-state index contributed by atoms with van der Waals surface area (Å²) in [5.74, 6) is 0.954. The molecule has 2 nitrogen and oxygen atoms in total. The Hall–Kier alpha value is -1.06. The lowest BCUT2D eigenvalue weighted by molar-refractivity contribution is 0.153. The lowest BCUT2D eigenvalue weighted by atomic mass is 10.1. The predicted octanol–water partition coefficient (Wildman–Crippen LogP) is 3.27. The van der Waals surface area contributed by atoms with Crippen LogP contribution in [0.1, 0.15) is 23.5 Å². The minimum absolute atomic E-state index is 0.229. The number of aliphatic hydroxyl groups excluding tert-OH is 1. The molecule has 2 rings (SSSR count). The molecule has 0 amide bonds. The molecule has 0 fully saturated rings. The first-order valence-corrected chi connectivity index (χ1v) is 6.45. The van der Waals surface area contributed by atoms with Gasteiger partial charge in [-0.1, -0.05) is 6.07 Å². The van der Waals surface area contributed by atoms with Crippen LogP contribution in [0.25, 0.3) is 0 Å². The van der Waals surface area contributed by atoms with E-state index in [9.17, 15) is 5.11 Å². The van der Waals surface area contributed by atoms with Gasteiger partial charge in [-0.15, -0.1) is 11.3 Å². The van der Waals surface area contributed by atoms with Crippen molar-refractivity contribution in [3.63, 3.8) is 0 Å². The number of furan rings is 1. The minimum atomic E-state index is -0.229. The zero-order valence-corrected chi connectivity index (χ0v) is 9.95. The average molecular weight is 236 g/mol. The second-order valence-corrected chi connectivity index (χ2v) is 4.92. The summed E-state index contributed by atoms with van der Waals surface area (Å²) < 4.78 is 5.23. The van der Waals surface area contributed by atoms with Crippen LogP contribution in [0.5, 0.6) is 0 Å². The monoisotopic (exact) mass is 236 g/mol. The lowest BCUT2D eigenvalue weighted by Crippen LogP contribution is -2.08. The molecule has 1 atom stereocenters. The molecule has 0 radical (unpaired) electrons. The summed E-state index contributed by atoms with van der Waals surface area (Å²) in [5, 5.41) is 11.9. The Labute approximate surface area is 99.5 Å². The van der Waals surface area contributed by atoms with Gasteiger partial charge in [0.05, 0.1) is 12.4 Å². The molecule has 1 N–H and O–H groups in total. The lowest BCUT2D eigenvalue weighted by Gasteiger charge is -2.08. The fourth-order valence-electron chi connectivity index (χ4n) is 1.67. The van der Waals surface area contributed by atoms with Crippen LogP contribution in [0.3, 0.4) is 0 Å². The fraction of sp³-hybridized carbons (Fsp3) is 0.385. The molecule has 0 bridgehead atoms. The Balaban J connectivity index is 1.66. The molecule has 0 saturated heterocycles. The van der Waals surface area contributed by atoms with Crippen molar-refractivity contribution in [2.45, 2.75) is 31.8 Å². The van der Waals surface area contributed by atoms with Crippen LogP contribution < -0.4 is 0 Å². The van der Waals surface area contributed by atoms with E-state index in [2.05, 4.69) is 17.5 Å². The Morgan fingerprint density at radius 1 is 1.19 bits per heavy atom. The SMILES string of the molecule is OC(CCc1ccco1)CCc1cccs1. The summed E-state index contributed by atoms with van der Waals surface area (Å²) >= 11 is 1.75. The highest BCUT2D eigenvalue weighted by molar-refractivity contribution is 7.09. The van der Waals surface area contributed by atoms with Gasteiger partial charge in [-0.25, -0.2) is 0 Å². The van der Waals surface area contributed by atoms with Crippen molar-refractivity contribution >= 4 is 11.3 Å². The van der Waals surface area contributed by atoms with Crippen molar-refractivity contribution in [2.24, 2.45) is 0 Å². The van der Waals surface area contributed by atoms with Crippen molar-refractivity contribution in [3.05, 3.63) is 46.5 Å². The van der Waals surface area contributed by atoms with Crippen LogP contribution in [0.4, 0.5) is 0 Å². The first-order chi connectivity index (χ1) is 7.84. The zero-order valence-electron chi connectivity index (χ0n) is 9.13. The van der Waals surface area contributed by atoms with Crippen LogP contribution in [-0.2, 0) is 12.8 Å². The summed E-state index contributed by atoms with van der Waals surface area (Å²) in [6.45, 7) is 0. The van der Waals surface area contributed by atoms with Gasteiger partial charge in [0.15, 0.2) is 0 Å². The third kappa shape index (κ3) is 3.51. The maximum absolute atomic E-state index is 9.81. The number of hydrogen-bond donors (Lipinski definition) is 1. The first-order valence-electron chi connectivity index (χ1n) is 5.57. The predicted molar refractivity (Wildman–Crippen MR) is 65.7 cm³/mol. The van der Waals surface area contributed by atoms with Gasteiger partial charge in [0.25, 0.3) is 0 Å². The van der Waals surface area contributed by atoms with E-state index in [4.69, 9.17) is 4.42 Å². The Morgan fingerprint density at radius 2 is 2.06 bits per heavy atom. The summed E-state index contributed by atoms with van der Waals surface area (Å²) in [5.41, 5.74) is 0. The maximum Gasteiger partial charge on any atom is 0.103 e. The van der Waals surface area contributed by atoms with Gasteiger partial charge < -0.3 is 9.52 Å². The molecule has 2 aromatic heterocycles. The topological polar surface area (TPSA) is 33.4 Å². The molecule has 0 aliphatic carbocycles. The maximum atomic E-state index is 9.81. The van der Waals surface area contributed by atoms with Crippen LogP contribution in [-0.4, -0.2) is 11.2 Å². The number of thiophene rings is 1. The molecule has 86 valence electrons. The Kier molecular flexibility index (Phi) is 4.19. The number of aryl methyl sites for hydroxylation is 2. The average Bonchev–Trinajstić information content (AvgIpc) is 2.96. The van der Waals surface area contributed by atoms with E-state index in [0.717, 1.165) is 31.4 Å². The third-order valence-corrected chi connectivity index (χ3v) is 3.54. The van der Waals surface area contributed by atoms with Crippen LogP contribution in [0, 0.1) is 0 Å². The van der Waals surface area contributed by atoms with E-state index >= 15 is 0 Å². The molecular weight excluding hydrogens is 220 g/mol. The van der Waals surface area contributed by atoms with E-state index in [1.807, 2.05) is 12.1 Å². The molecule has 0 saturated carbocycles. The highest BCUT2D eigenvalue weighted by Crippen LogP contribution is 2.14. The fourth-order valence-corrected chi connectivity index (χ4v) is 2.40. The number of hydrogen-bond acceptors (Lipinski definition) is 3. The van der Waals surface area contributed by atoms with Gasteiger partial charge in [-0.05, 0) is 42.8 Å². The Bertz CT molecular complexity index is 340. The normalized spacial score (nSPS) is 12.8. The molecule has 1 unspecified atom stereocenters. The molecule has 0 aliphatic heterocycles. The first kappa shape index (κ1) is 11.4. The standard InChI is InChI=1S/C13H16O2S/c14-11(5-7-12-3-1-9-15-12)6-8-13-4-2-10-16-13/h1-4,9-11,14H,5-8H2. The van der Waals surface area contributed by atoms with E-state index < -0.39 is 0 Å². The highest BCUT2D eigenvalue weighted by atomic mass is 32.1. The van der Waals surface area contributed by atoms with E-state index in [0.29, 0.717) is 0 Å². The zero-order chi connectivity index (χ0) is 11.2. The number of aliphatic hydroxyl groups is 1. The van der Waals surface area contributed by atoms with Gasteiger partial charge in [0, 0.05) is 11.3 Å². The smallest absolute Gasteiger partial charge is 0.103 e. The molecular formula is C13H16O2S. The molecule has 16 heavy (non-hydrogen) atoms. The summed E-state index contributed by atoms with van der Waals surface area (Å²) in [6, 6.07) is 8.00. The summed E-state index contributed by atoms with van der Waals surface area (Å²) in [6.07, 6.45) is 4.84. The minimum Gasteiger partial charge on any atom is -0.469 e. The second-order valence-electron chi connectivity index (χ2n) is 3.89. The largest absolute Gasteiger partial charge is 0.469 e. The van der Waals surface area contributed by atoms with Gasteiger partial charge in [-0.2, -0.15) is 0 Å². The van der Waals surface area contributed by atoms with Crippen LogP contribution in [0.15, 0.2) is 40.3 Å². The van der Waals surface area contributed by atoms with Crippen molar-refractivity contribution in [2.75, 3.05) is 0 Å². The van der Waals surface area contributed by atoms with Crippen LogP contribution >= 0.6 is 11.3 Å². The quantitative estimate of drug-likeness (QED) is 0.835. The molecule has 0 aromatic carbocycles. The van der Waals surface area contributed by atoms with Gasteiger partial charge in [-0.3, -0.25) is 0 Å². The van der Waals surface area contributed by atoms with Gasteiger partial charge in [0.1, 0.15) is 5.76 Å². The Morgan fingerprint density at radius 3 is 2.75 bits per heavy atom. The summed E-state index contributed by atoms with van der Waals surface area (Å²) in [4.78, 5) is 1.34. The molecule has 2 aromatic rings. The summed E-state index contributed by atoms with van der Waals surface area (Å²) in [7, 11) is 0. The highest BCUT2D eigenvalue weighted by Gasteiger charge is 2.06. The molecule has 3 heteroatoms. The van der Waals surface area contributed by atoms with E-state index in [1.54, 1.807) is 17.6 Å². The molecule has 0 spiro atoms. The molecule has 2 heterocycles. The third-order valence-electron chi connectivity index (χ3n) is 2.61. The van der Waals surface area contributed by atoms with Crippen molar-refractivity contribution in [1.82, 2.24) is 0 Å². The number of rotatable bonds is 6. The van der Waals surface area contributed by atoms with Gasteiger partial charge in [0.2, 0.25) is 0 Å². The second kappa shape index (κ2) is 5.87.